The van der Waals surface area contributed by atoms with E-state index in [-0.39, 0.29) is 37.9 Å². The molecule has 0 amide bonds. The first kappa shape index (κ1) is 16.0. The number of carbonyl (C=O) groups is 1. The van der Waals surface area contributed by atoms with Crippen LogP contribution < -0.4 is 0 Å². The summed E-state index contributed by atoms with van der Waals surface area (Å²) in [5.41, 5.74) is 6.91. The van der Waals surface area contributed by atoms with Gasteiger partial charge >= 0.3 is 5.43 Å². The van der Waals surface area contributed by atoms with Gasteiger partial charge in [-0.1, -0.05) is 5.11 Å². The maximum atomic E-state index is 11.3. The number of halogens is 1. The van der Waals surface area contributed by atoms with Crippen molar-refractivity contribution in [3.05, 3.63) is 10.4 Å². The van der Waals surface area contributed by atoms with Crippen molar-refractivity contribution in [2.75, 3.05) is 37.9 Å². The predicted octanol–water partition coefficient (Wildman–Crippen LogP) is 1.10. The molecule has 0 aliphatic heterocycles. The summed E-state index contributed by atoms with van der Waals surface area (Å²) >= 11 is 4.86. The molecule has 0 N–H and O–H groups in total. The Bertz CT molecular complexity index is 379. The fourth-order valence-corrected chi connectivity index (χ4v) is 1.78. The average molecular weight is 286 g/mol. The van der Waals surface area contributed by atoms with Gasteiger partial charge in [-0.25, -0.2) is 13.2 Å². The summed E-state index contributed by atoms with van der Waals surface area (Å²) < 4.78 is 31.8. The minimum absolute atomic E-state index is 0.00188. The molecular weight excluding hydrogens is 274 g/mol. The molecule has 8 nitrogen and oxygen atoms in total. The molecule has 17 heavy (non-hydrogen) atoms. The van der Waals surface area contributed by atoms with Crippen molar-refractivity contribution in [2.24, 2.45) is 5.11 Å². The highest BCUT2D eigenvalue weighted by molar-refractivity contribution is 7.91. The van der Waals surface area contributed by atoms with Gasteiger partial charge in [0.15, 0.2) is 9.84 Å². The molecule has 10 heteroatoms. The van der Waals surface area contributed by atoms with Crippen LogP contribution >= 0.6 is 11.6 Å². The molecule has 0 bridgehead atoms. The second kappa shape index (κ2) is 9.06. The topological polar surface area (TPSA) is 118 Å². The minimum Gasteiger partial charge on any atom is -0.453 e. The lowest BCUT2D eigenvalue weighted by molar-refractivity contribution is 0.156. The van der Waals surface area contributed by atoms with E-state index in [9.17, 15) is 13.2 Å². The van der Waals surface area contributed by atoms with Crippen LogP contribution in [-0.2, 0) is 19.3 Å². The monoisotopic (exact) mass is 285 g/mol. The third-order valence-corrected chi connectivity index (χ3v) is 3.23. The lowest BCUT2D eigenvalue weighted by Gasteiger charge is -2.04. The number of hydrogen-bond acceptors (Lipinski definition) is 6. The summed E-state index contributed by atoms with van der Waals surface area (Å²) in [5.74, 6) is -0.492. The quantitative estimate of drug-likeness (QED) is 0.207. The highest BCUT2D eigenvalue weighted by Gasteiger charge is 2.11. The minimum atomic E-state index is -3.33. The van der Waals surface area contributed by atoms with E-state index in [1.54, 1.807) is 0 Å². The molecule has 0 atom stereocenters. The fourth-order valence-electron chi connectivity index (χ4n) is 0.789. The second-order valence-corrected chi connectivity index (χ2v) is 5.42. The summed E-state index contributed by atoms with van der Waals surface area (Å²) in [6.45, 7) is 0.0398. The van der Waals surface area contributed by atoms with E-state index >= 15 is 0 Å². The van der Waals surface area contributed by atoms with Gasteiger partial charge in [0, 0.05) is 23.1 Å². The Morgan fingerprint density at radius 2 is 1.94 bits per heavy atom. The van der Waals surface area contributed by atoms with Crippen molar-refractivity contribution in [1.29, 1.82) is 0 Å². The molecule has 0 fully saturated rings. The molecule has 0 heterocycles. The van der Waals surface area contributed by atoms with E-state index in [1.165, 1.54) is 0 Å². The lowest BCUT2D eigenvalue weighted by atomic mass is 10.7. The van der Waals surface area contributed by atoms with Gasteiger partial charge in [-0.2, -0.15) is 0 Å². The van der Waals surface area contributed by atoms with Crippen LogP contribution in [-0.4, -0.2) is 51.7 Å². The molecule has 98 valence electrons. The zero-order chi connectivity index (χ0) is 13.1. The molecule has 0 aromatic rings. The van der Waals surface area contributed by atoms with E-state index in [0.717, 1.165) is 0 Å². The summed E-state index contributed by atoms with van der Waals surface area (Å²) in [4.78, 5) is 12.7. The number of rotatable bonds is 9. The van der Waals surface area contributed by atoms with E-state index in [1.807, 2.05) is 0 Å². The van der Waals surface area contributed by atoms with E-state index in [0.29, 0.717) is 0 Å². The van der Waals surface area contributed by atoms with Crippen molar-refractivity contribution >= 4 is 26.9 Å². The summed E-state index contributed by atoms with van der Waals surface area (Å²) in [6, 6.07) is 0. The Balaban J connectivity index is 3.64. The first-order valence-electron chi connectivity index (χ1n) is 4.59. The molecule has 0 saturated heterocycles. The lowest BCUT2D eigenvalue weighted by Crippen LogP contribution is -2.19. The molecule has 0 saturated carbocycles. The average Bonchev–Trinajstić information content (AvgIpc) is 2.22. The second-order valence-electron chi connectivity index (χ2n) is 2.80. The van der Waals surface area contributed by atoms with E-state index < -0.39 is 15.3 Å². The van der Waals surface area contributed by atoms with Crippen LogP contribution in [0.4, 0.5) is 4.79 Å². The van der Waals surface area contributed by atoms with Crippen molar-refractivity contribution in [3.63, 3.8) is 0 Å². The Morgan fingerprint density at radius 1 is 1.29 bits per heavy atom. The first-order valence-corrected chi connectivity index (χ1v) is 6.79. The summed E-state index contributed by atoms with van der Waals surface area (Å²) in [6.07, 6.45) is 0. The van der Waals surface area contributed by atoms with Crippen LogP contribution in [0, 0.1) is 0 Å². The van der Waals surface area contributed by atoms with E-state index in [2.05, 4.69) is 14.8 Å². The van der Waals surface area contributed by atoms with Crippen molar-refractivity contribution in [3.8, 4) is 0 Å². The number of nitrogens with zero attached hydrogens (tertiary/aromatic N) is 3. The fraction of sp³-hybridized carbons (Fsp3) is 0.857. The zero-order valence-corrected chi connectivity index (χ0v) is 10.5. The van der Waals surface area contributed by atoms with Gasteiger partial charge in [0.1, 0.15) is 6.61 Å². The van der Waals surface area contributed by atoms with Crippen LogP contribution in [0.5, 0.6) is 0 Å². The molecular formula is C7H12ClN3O5S. The van der Waals surface area contributed by atoms with Crippen molar-refractivity contribution in [1.82, 2.24) is 0 Å². The van der Waals surface area contributed by atoms with Crippen LogP contribution in [0.1, 0.15) is 0 Å². The Hall–Kier alpha value is -1.02. The first-order chi connectivity index (χ1) is 7.98. The SMILES string of the molecule is [N-]=[N+]=NCCOCCS(=O)(=O)CCOC(=O)Cl. The van der Waals surface area contributed by atoms with Gasteiger partial charge in [-0.3, -0.25) is 0 Å². The highest BCUT2D eigenvalue weighted by Crippen LogP contribution is 1.94. The van der Waals surface area contributed by atoms with Crippen molar-refractivity contribution in [2.45, 2.75) is 0 Å². The van der Waals surface area contributed by atoms with Crippen LogP contribution in [0.2, 0.25) is 0 Å². The van der Waals surface area contributed by atoms with Gasteiger partial charge in [0.2, 0.25) is 0 Å². The number of ether oxygens (including phenoxy) is 2. The molecule has 0 radical (unpaired) electrons. The molecule has 0 rings (SSSR count). The Morgan fingerprint density at radius 3 is 2.53 bits per heavy atom. The van der Waals surface area contributed by atoms with Gasteiger partial charge < -0.3 is 9.47 Å². The number of hydrogen-bond donors (Lipinski definition) is 0. The predicted molar refractivity (Wildman–Crippen MR) is 60.7 cm³/mol. The standard InChI is InChI=1S/C7H12ClN3O5S/c8-7(12)16-4-6-17(13,14)5-3-15-2-1-10-11-9/h1-6H2. The summed E-state index contributed by atoms with van der Waals surface area (Å²) in [7, 11) is -3.33. The Kier molecular flexibility index (Phi) is 8.51. The maximum absolute atomic E-state index is 11.3. The van der Waals surface area contributed by atoms with E-state index in [4.69, 9.17) is 21.9 Å². The van der Waals surface area contributed by atoms with Gasteiger partial charge in [0.05, 0.1) is 24.7 Å². The highest BCUT2D eigenvalue weighted by atomic mass is 35.5. The molecule has 0 aromatic heterocycles. The normalized spacial score (nSPS) is 10.6. The number of azide groups is 1. The molecule has 0 aliphatic rings. The third-order valence-electron chi connectivity index (χ3n) is 1.55. The molecule has 0 spiro atoms. The van der Waals surface area contributed by atoms with Crippen LogP contribution in [0.15, 0.2) is 5.11 Å². The number of carbonyl (C=O) groups excluding carboxylic acids is 1. The third kappa shape index (κ3) is 11.2. The Labute approximate surface area is 103 Å². The van der Waals surface area contributed by atoms with Gasteiger partial charge in [-0.15, -0.1) is 0 Å². The zero-order valence-electron chi connectivity index (χ0n) is 8.91. The molecule has 0 aromatic carbocycles. The molecule has 0 aliphatic carbocycles. The largest absolute Gasteiger partial charge is 0.453 e. The number of sulfone groups is 1. The van der Waals surface area contributed by atoms with Gasteiger partial charge in [-0.05, 0) is 5.53 Å². The van der Waals surface area contributed by atoms with Crippen LogP contribution in [0.3, 0.4) is 0 Å². The summed E-state index contributed by atoms with van der Waals surface area (Å²) in [5, 5.41) is 3.21. The van der Waals surface area contributed by atoms with Crippen LogP contribution in [0.25, 0.3) is 10.4 Å². The maximum Gasteiger partial charge on any atom is 0.403 e. The van der Waals surface area contributed by atoms with Crippen molar-refractivity contribution < 1.29 is 22.7 Å². The molecule has 0 unspecified atom stereocenters. The van der Waals surface area contributed by atoms with Gasteiger partial charge in [0.25, 0.3) is 0 Å². The smallest absolute Gasteiger partial charge is 0.403 e.